The predicted molar refractivity (Wildman–Crippen MR) is 107 cm³/mol. The van der Waals surface area contributed by atoms with Crippen molar-refractivity contribution in [2.75, 3.05) is 5.75 Å². The van der Waals surface area contributed by atoms with Crippen LogP contribution in [0.5, 0.6) is 0 Å². The number of carbonyl (C=O) groups is 1. The van der Waals surface area contributed by atoms with E-state index in [1.807, 2.05) is 29.0 Å². The van der Waals surface area contributed by atoms with Gasteiger partial charge >= 0.3 is 0 Å². The molecule has 0 atom stereocenters. The number of nitrogens with one attached hydrogen (secondary N) is 1. The first-order valence-corrected chi connectivity index (χ1v) is 9.99. The van der Waals surface area contributed by atoms with Gasteiger partial charge in [-0.05, 0) is 23.3 Å². The molecule has 0 spiro atoms. The molecule has 3 aromatic rings. The number of aromatic nitrogens is 2. The summed E-state index contributed by atoms with van der Waals surface area (Å²) >= 11 is 1.66. The number of rotatable bonds is 9. The van der Waals surface area contributed by atoms with E-state index in [1.165, 1.54) is 17.7 Å². The molecule has 0 aliphatic rings. The molecular formula is C21H22FN3OS. The SMILES string of the molecule is O=C(CCSCc1ccc(F)cc1)NCc1nccn1Cc1ccccc1. The van der Waals surface area contributed by atoms with Crippen LogP contribution in [0.2, 0.25) is 0 Å². The Balaban J connectivity index is 1.38. The summed E-state index contributed by atoms with van der Waals surface area (Å²) in [5, 5.41) is 2.93. The Bertz CT molecular complexity index is 849. The Morgan fingerprint density at radius 1 is 1.07 bits per heavy atom. The minimum absolute atomic E-state index is 0.0101. The zero-order valence-corrected chi connectivity index (χ0v) is 15.8. The van der Waals surface area contributed by atoms with Crippen LogP contribution in [0.1, 0.15) is 23.4 Å². The molecule has 27 heavy (non-hydrogen) atoms. The summed E-state index contributed by atoms with van der Waals surface area (Å²) in [5.74, 6) is 2.12. The lowest BCUT2D eigenvalue weighted by atomic mass is 10.2. The first-order chi connectivity index (χ1) is 13.2. The number of nitrogens with zero attached hydrogens (tertiary/aromatic N) is 2. The van der Waals surface area contributed by atoms with E-state index in [2.05, 4.69) is 22.4 Å². The third-order valence-corrected chi connectivity index (χ3v) is 5.13. The molecule has 2 aromatic carbocycles. The predicted octanol–water partition coefficient (Wildman–Crippen LogP) is 4.01. The van der Waals surface area contributed by atoms with E-state index >= 15 is 0 Å². The van der Waals surface area contributed by atoms with E-state index < -0.39 is 0 Å². The zero-order chi connectivity index (χ0) is 18.9. The normalized spacial score (nSPS) is 10.7. The van der Waals surface area contributed by atoms with Gasteiger partial charge < -0.3 is 9.88 Å². The van der Waals surface area contributed by atoms with Gasteiger partial charge in [0.2, 0.25) is 5.91 Å². The minimum Gasteiger partial charge on any atom is -0.349 e. The Hall–Kier alpha value is -2.60. The standard InChI is InChI=1S/C21H22FN3OS/c22-19-8-6-18(7-9-19)16-27-13-10-21(26)24-14-20-23-11-12-25(20)15-17-4-2-1-3-5-17/h1-9,11-12H,10,13-16H2,(H,24,26). The summed E-state index contributed by atoms with van der Waals surface area (Å²) in [6.07, 6.45) is 4.13. The van der Waals surface area contributed by atoms with Crippen LogP contribution in [-0.4, -0.2) is 21.2 Å². The van der Waals surface area contributed by atoms with Crippen molar-refractivity contribution in [2.24, 2.45) is 0 Å². The van der Waals surface area contributed by atoms with E-state index in [0.717, 1.165) is 29.4 Å². The van der Waals surface area contributed by atoms with Gasteiger partial charge in [0, 0.05) is 36.9 Å². The quantitative estimate of drug-likeness (QED) is 0.568. The van der Waals surface area contributed by atoms with Crippen LogP contribution in [0.15, 0.2) is 67.0 Å². The molecule has 3 rings (SSSR count). The van der Waals surface area contributed by atoms with Crippen LogP contribution in [0, 0.1) is 5.82 Å². The van der Waals surface area contributed by atoms with E-state index in [0.29, 0.717) is 13.0 Å². The molecule has 0 aliphatic heterocycles. The van der Waals surface area contributed by atoms with Crippen LogP contribution < -0.4 is 5.32 Å². The number of benzene rings is 2. The molecule has 0 fully saturated rings. The smallest absolute Gasteiger partial charge is 0.221 e. The molecule has 1 N–H and O–H groups in total. The van der Waals surface area contributed by atoms with Crippen molar-refractivity contribution in [3.05, 3.63) is 89.8 Å². The highest BCUT2D eigenvalue weighted by Gasteiger charge is 2.07. The summed E-state index contributed by atoms with van der Waals surface area (Å²) in [4.78, 5) is 16.4. The molecule has 140 valence electrons. The van der Waals surface area contributed by atoms with E-state index in [9.17, 15) is 9.18 Å². The molecule has 0 unspecified atom stereocenters. The highest BCUT2D eigenvalue weighted by molar-refractivity contribution is 7.98. The molecule has 0 saturated heterocycles. The average molecular weight is 383 g/mol. The number of thioether (sulfide) groups is 1. The van der Waals surface area contributed by atoms with E-state index in [1.54, 1.807) is 30.1 Å². The van der Waals surface area contributed by atoms with Gasteiger partial charge in [-0.15, -0.1) is 0 Å². The van der Waals surface area contributed by atoms with Gasteiger partial charge in [-0.2, -0.15) is 11.8 Å². The van der Waals surface area contributed by atoms with Gasteiger partial charge in [-0.25, -0.2) is 9.37 Å². The van der Waals surface area contributed by atoms with Gasteiger partial charge in [0.05, 0.1) is 6.54 Å². The second-order valence-corrected chi connectivity index (χ2v) is 7.27. The molecule has 1 heterocycles. The Morgan fingerprint density at radius 2 is 1.85 bits per heavy atom. The fraction of sp³-hybridized carbons (Fsp3) is 0.238. The largest absolute Gasteiger partial charge is 0.349 e. The molecular weight excluding hydrogens is 361 g/mol. The van der Waals surface area contributed by atoms with Crippen molar-refractivity contribution in [3.63, 3.8) is 0 Å². The fourth-order valence-corrected chi connectivity index (χ4v) is 3.54. The van der Waals surface area contributed by atoms with E-state index in [-0.39, 0.29) is 11.7 Å². The molecule has 6 heteroatoms. The van der Waals surface area contributed by atoms with Crippen LogP contribution >= 0.6 is 11.8 Å². The maximum atomic E-state index is 12.9. The van der Waals surface area contributed by atoms with Crippen LogP contribution in [-0.2, 0) is 23.6 Å². The first kappa shape index (κ1) is 19.2. The maximum absolute atomic E-state index is 12.9. The fourth-order valence-electron chi connectivity index (χ4n) is 2.63. The van der Waals surface area contributed by atoms with Gasteiger partial charge in [0.15, 0.2) is 0 Å². The summed E-state index contributed by atoms with van der Waals surface area (Å²) in [5.41, 5.74) is 2.25. The summed E-state index contributed by atoms with van der Waals surface area (Å²) in [6, 6.07) is 16.6. The lowest BCUT2D eigenvalue weighted by Gasteiger charge is -2.09. The molecule has 0 aliphatic carbocycles. The Morgan fingerprint density at radius 3 is 2.63 bits per heavy atom. The summed E-state index contributed by atoms with van der Waals surface area (Å²) in [6.45, 7) is 1.15. The van der Waals surface area contributed by atoms with Gasteiger partial charge in [0.1, 0.15) is 11.6 Å². The van der Waals surface area contributed by atoms with Gasteiger partial charge in [-0.1, -0.05) is 42.5 Å². The monoisotopic (exact) mass is 383 g/mol. The van der Waals surface area contributed by atoms with Crippen molar-refractivity contribution in [3.8, 4) is 0 Å². The van der Waals surface area contributed by atoms with Crippen molar-refractivity contribution >= 4 is 17.7 Å². The third kappa shape index (κ3) is 6.25. The lowest BCUT2D eigenvalue weighted by molar-refractivity contribution is -0.120. The second-order valence-electron chi connectivity index (χ2n) is 6.16. The highest BCUT2D eigenvalue weighted by atomic mass is 32.2. The molecule has 0 radical (unpaired) electrons. The van der Waals surface area contributed by atoms with Crippen molar-refractivity contribution in [1.82, 2.24) is 14.9 Å². The summed E-state index contributed by atoms with van der Waals surface area (Å²) < 4.78 is 14.9. The number of carbonyl (C=O) groups excluding carboxylic acids is 1. The third-order valence-electron chi connectivity index (χ3n) is 4.10. The lowest BCUT2D eigenvalue weighted by Crippen LogP contribution is -2.25. The number of halogens is 1. The second kappa shape index (κ2) is 9.92. The number of amides is 1. The minimum atomic E-state index is -0.228. The first-order valence-electron chi connectivity index (χ1n) is 8.83. The van der Waals surface area contributed by atoms with Crippen LogP contribution in [0.25, 0.3) is 0 Å². The van der Waals surface area contributed by atoms with Gasteiger partial charge in [0.25, 0.3) is 0 Å². The van der Waals surface area contributed by atoms with Crippen LogP contribution in [0.4, 0.5) is 4.39 Å². The zero-order valence-electron chi connectivity index (χ0n) is 15.0. The topological polar surface area (TPSA) is 46.9 Å². The van der Waals surface area contributed by atoms with Gasteiger partial charge in [-0.3, -0.25) is 4.79 Å². The molecule has 1 aromatic heterocycles. The Kier molecular flexibility index (Phi) is 7.04. The highest BCUT2D eigenvalue weighted by Crippen LogP contribution is 2.13. The maximum Gasteiger partial charge on any atom is 0.221 e. The Labute approximate surface area is 162 Å². The van der Waals surface area contributed by atoms with Crippen molar-refractivity contribution < 1.29 is 9.18 Å². The molecule has 0 bridgehead atoms. The van der Waals surface area contributed by atoms with Crippen LogP contribution in [0.3, 0.4) is 0 Å². The number of imidazole rings is 1. The van der Waals surface area contributed by atoms with Crippen molar-refractivity contribution in [1.29, 1.82) is 0 Å². The molecule has 4 nitrogen and oxygen atoms in total. The van der Waals surface area contributed by atoms with Crippen molar-refractivity contribution in [2.45, 2.75) is 25.3 Å². The average Bonchev–Trinajstić information content (AvgIpc) is 3.13. The summed E-state index contributed by atoms with van der Waals surface area (Å²) in [7, 11) is 0. The number of hydrogen-bond acceptors (Lipinski definition) is 3. The number of hydrogen-bond donors (Lipinski definition) is 1. The molecule has 1 amide bonds. The molecule has 0 saturated carbocycles. The van der Waals surface area contributed by atoms with E-state index in [4.69, 9.17) is 0 Å².